The molecular weight excluding hydrogens is 244 g/mol. The lowest BCUT2D eigenvalue weighted by Gasteiger charge is -2.04. The van der Waals surface area contributed by atoms with Gasteiger partial charge in [0.25, 0.3) is 0 Å². The highest BCUT2D eigenvalue weighted by molar-refractivity contribution is 9.10. The predicted octanol–water partition coefficient (Wildman–Crippen LogP) is 2.04. The molecule has 72 valence electrons. The zero-order chi connectivity index (χ0) is 10.1. The van der Waals surface area contributed by atoms with E-state index in [-0.39, 0.29) is 0 Å². The van der Waals surface area contributed by atoms with Crippen LogP contribution in [0.1, 0.15) is 11.5 Å². The van der Waals surface area contributed by atoms with E-state index in [0.717, 1.165) is 21.9 Å². The molecule has 2 heterocycles. The van der Waals surface area contributed by atoms with Crippen LogP contribution in [-0.4, -0.2) is 19.5 Å². The van der Waals surface area contributed by atoms with E-state index in [4.69, 9.17) is 0 Å². The summed E-state index contributed by atoms with van der Waals surface area (Å²) < 4.78 is 2.75. The van der Waals surface area contributed by atoms with Crippen LogP contribution >= 0.6 is 15.9 Å². The van der Waals surface area contributed by atoms with Gasteiger partial charge in [-0.05, 0) is 29.8 Å². The second-order valence-corrected chi connectivity index (χ2v) is 3.81. The molecule has 2 aromatic heterocycles. The van der Waals surface area contributed by atoms with Crippen molar-refractivity contribution in [1.29, 1.82) is 0 Å². The molecule has 0 unspecified atom stereocenters. The molecule has 14 heavy (non-hydrogen) atoms. The van der Waals surface area contributed by atoms with E-state index >= 15 is 0 Å². The summed E-state index contributed by atoms with van der Waals surface area (Å²) in [4.78, 5) is 12.5. The second kappa shape index (κ2) is 3.49. The Labute approximate surface area is 90.2 Å². The summed E-state index contributed by atoms with van der Waals surface area (Å²) in [5, 5.41) is 0. The molecular formula is C9H9BrN4. The van der Waals surface area contributed by atoms with Crippen molar-refractivity contribution in [3.05, 3.63) is 34.7 Å². The van der Waals surface area contributed by atoms with Crippen LogP contribution in [0, 0.1) is 13.8 Å². The highest BCUT2D eigenvalue weighted by Gasteiger charge is 2.04. The Morgan fingerprint density at radius 1 is 1.29 bits per heavy atom. The van der Waals surface area contributed by atoms with E-state index in [1.807, 2.05) is 24.5 Å². The van der Waals surface area contributed by atoms with Gasteiger partial charge in [0.2, 0.25) is 0 Å². The van der Waals surface area contributed by atoms with E-state index in [0.29, 0.717) is 0 Å². The molecule has 0 radical (unpaired) electrons. The monoisotopic (exact) mass is 252 g/mol. The van der Waals surface area contributed by atoms with E-state index in [1.165, 1.54) is 0 Å². The zero-order valence-corrected chi connectivity index (χ0v) is 9.48. The van der Waals surface area contributed by atoms with E-state index in [1.54, 1.807) is 12.5 Å². The standard InChI is InChI=1S/C9H9BrN4/c1-6-3-9(13-7(2)12-6)14-5-11-4-8(14)10/h3-5H,1-2H3. The first-order valence-corrected chi connectivity index (χ1v) is 4.96. The van der Waals surface area contributed by atoms with Crippen LogP contribution in [-0.2, 0) is 0 Å². The molecule has 0 aliphatic carbocycles. The van der Waals surface area contributed by atoms with Gasteiger partial charge in [-0.2, -0.15) is 0 Å². The summed E-state index contributed by atoms with van der Waals surface area (Å²) in [5.74, 6) is 1.60. The van der Waals surface area contributed by atoms with Crippen molar-refractivity contribution in [3.63, 3.8) is 0 Å². The minimum Gasteiger partial charge on any atom is -0.277 e. The van der Waals surface area contributed by atoms with Crippen molar-refractivity contribution >= 4 is 15.9 Å². The lowest BCUT2D eigenvalue weighted by Crippen LogP contribution is -2.00. The smallest absolute Gasteiger partial charge is 0.142 e. The summed E-state index contributed by atoms with van der Waals surface area (Å²) in [6.07, 6.45) is 3.44. The average Bonchev–Trinajstić information content (AvgIpc) is 2.49. The fourth-order valence-corrected chi connectivity index (χ4v) is 1.66. The number of hydrogen-bond donors (Lipinski definition) is 0. The highest BCUT2D eigenvalue weighted by atomic mass is 79.9. The first-order valence-electron chi connectivity index (χ1n) is 4.17. The lowest BCUT2D eigenvalue weighted by molar-refractivity contribution is 0.908. The minimum atomic E-state index is 0.764. The van der Waals surface area contributed by atoms with Gasteiger partial charge >= 0.3 is 0 Å². The van der Waals surface area contributed by atoms with Gasteiger partial charge in [0.15, 0.2) is 0 Å². The molecule has 2 rings (SSSR count). The van der Waals surface area contributed by atoms with Gasteiger partial charge in [0.05, 0.1) is 6.20 Å². The molecule has 0 fully saturated rings. The normalized spacial score (nSPS) is 10.5. The Morgan fingerprint density at radius 2 is 2.07 bits per heavy atom. The lowest BCUT2D eigenvalue weighted by atomic mass is 10.4. The first-order chi connectivity index (χ1) is 6.66. The molecule has 0 saturated heterocycles. The van der Waals surface area contributed by atoms with Gasteiger partial charge in [-0.3, -0.25) is 4.57 Å². The summed E-state index contributed by atoms with van der Waals surface area (Å²) in [5.41, 5.74) is 0.952. The first kappa shape index (κ1) is 9.33. The highest BCUT2D eigenvalue weighted by Crippen LogP contribution is 2.14. The van der Waals surface area contributed by atoms with Crippen molar-refractivity contribution in [2.45, 2.75) is 13.8 Å². The van der Waals surface area contributed by atoms with Gasteiger partial charge in [0, 0.05) is 11.8 Å². The van der Waals surface area contributed by atoms with E-state index in [2.05, 4.69) is 30.9 Å². The quantitative estimate of drug-likeness (QED) is 0.781. The van der Waals surface area contributed by atoms with Gasteiger partial charge in [-0.15, -0.1) is 0 Å². The van der Waals surface area contributed by atoms with E-state index < -0.39 is 0 Å². The maximum Gasteiger partial charge on any atom is 0.142 e. The number of nitrogens with zero attached hydrogens (tertiary/aromatic N) is 4. The second-order valence-electron chi connectivity index (χ2n) is 3.00. The molecule has 0 aliphatic rings. The molecule has 2 aromatic rings. The maximum absolute atomic E-state index is 4.32. The van der Waals surface area contributed by atoms with Gasteiger partial charge < -0.3 is 0 Å². The van der Waals surface area contributed by atoms with Crippen LogP contribution in [0.3, 0.4) is 0 Å². The molecule has 0 atom stereocenters. The Hall–Kier alpha value is -1.23. The van der Waals surface area contributed by atoms with Crippen molar-refractivity contribution in [1.82, 2.24) is 19.5 Å². The summed E-state index contributed by atoms with van der Waals surface area (Å²) in [6, 6.07) is 1.92. The van der Waals surface area contributed by atoms with Crippen molar-refractivity contribution in [2.75, 3.05) is 0 Å². The van der Waals surface area contributed by atoms with Gasteiger partial charge in [-0.25, -0.2) is 15.0 Å². The summed E-state index contributed by atoms with van der Waals surface area (Å²) >= 11 is 3.39. The predicted molar refractivity (Wildman–Crippen MR) is 56.3 cm³/mol. The topological polar surface area (TPSA) is 43.6 Å². The van der Waals surface area contributed by atoms with Gasteiger partial charge in [-0.1, -0.05) is 0 Å². The fraction of sp³-hybridized carbons (Fsp3) is 0.222. The minimum absolute atomic E-state index is 0.764. The van der Waals surface area contributed by atoms with Crippen LogP contribution in [0.5, 0.6) is 0 Å². The molecule has 0 N–H and O–H groups in total. The SMILES string of the molecule is Cc1cc(-n2cncc2Br)nc(C)n1. The largest absolute Gasteiger partial charge is 0.277 e. The Bertz CT molecular complexity index is 443. The molecule has 0 aliphatic heterocycles. The maximum atomic E-state index is 4.32. The third-order valence-corrected chi connectivity index (χ3v) is 2.38. The summed E-state index contributed by atoms with van der Waals surface area (Å²) in [7, 11) is 0. The molecule has 0 spiro atoms. The molecule has 0 bridgehead atoms. The van der Waals surface area contributed by atoms with Crippen molar-refractivity contribution < 1.29 is 0 Å². The number of aromatic nitrogens is 4. The summed E-state index contributed by atoms with van der Waals surface area (Å²) in [6.45, 7) is 3.82. The third-order valence-electron chi connectivity index (χ3n) is 1.79. The molecule has 0 aromatic carbocycles. The number of rotatable bonds is 1. The van der Waals surface area contributed by atoms with Crippen molar-refractivity contribution in [3.8, 4) is 5.82 Å². The Morgan fingerprint density at radius 3 is 2.64 bits per heavy atom. The molecule has 0 amide bonds. The van der Waals surface area contributed by atoms with Crippen LogP contribution in [0.25, 0.3) is 5.82 Å². The average molecular weight is 253 g/mol. The van der Waals surface area contributed by atoms with Crippen LogP contribution < -0.4 is 0 Å². The number of halogens is 1. The molecule has 4 nitrogen and oxygen atoms in total. The van der Waals surface area contributed by atoms with Gasteiger partial charge in [0.1, 0.15) is 22.6 Å². The number of imidazole rings is 1. The number of hydrogen-bond acceptors (Lipinski definition) is 3. The third kappa shape index (κ3) is 1.68. The van der Waals surface area contributed by atoms with Crippen molar-refractivity contribution in [2.24, 2.45) is 0 Å². The van der Waals surface area contributed by atoms with Crippen LogP contribution in [0.15, 0.2) is 23.2 Å². The molecule has 5 heteroatoms. The Kier molecular flexibility index (Phi) is 2.33. The number of aryl methyl sites for hydroxylation is 2. The fourth-order valence-electron chi connectivity index (χ4n) is 1.27. The van der Waals surface area contributed by atoms with Crippen LogP contribution in [0.2, 0.25) is 0 Å². The van der Waals surface area contributed by atoms with E-state index in [9.17, 15) is 0 Å². The van der Waals surface area contributed by atoms with Crippen LogP contribution in [0.4, 0.5) is 0 Å². The molecule has 0 saturated carbocycles. The Balaban J connectivity index is 2.57. The zero-order valence-electron chi connectivity index (χ0n) is 7.90.